The van der Waals surface area contributed by atoms with Crippen LogP contribution >= 0.6 is 0 Å². The van der Waals surface area contributed by atoms with Gasteiger partial charge in [-0.2, -0.15) is 0 Å². The molecule has 0 radical (unpaired) electrons. The molecule has 0 aliphatic carbocycles. The third kappa shape index (κ3) is 4.42. The van der Waals surface area contributed by atoms with Crippen LogP contribution in [0, 0.1) is 11.8 Å². The fourth-order valence-electron chi connectivity index (χ4n) is 2.59. The van der Waals surface area contributed by atoms with Gasteiger partial charge in [-0.15, -0.1) is 0 Å². The maximum atomic E-state index is 5.60. The predicted molar refractivity (Wildman–Crippen MR) is 67.4 cm³/mol. The quantitative estimate of drug-likeness (QED) is 0.585. The number of ether oxygens (including phenoxy) is 2. The number of unbranched alkanes of at least 4 members (excludes halogenated alkanes) is 5. The Morgan fingerprint density at radius 3 is 2.50 bits per heavy atom. The van der Waals surface area contributed by atoms with Crippen LogP contribution in [0.15, 0.2) is 0 Å². The van der Waals surface area contributed by atoms with E-state index in [1.54, 1.807) is 7.11 Å². The van der Waals surface area contributed by atoms with Gasteiger partial charge in [0.05, 0.1) is 6.61 Å². The van der Waals surface area contributed by atoms with Crippen molar-refractivity contribution >= 4 is 0 Å². The third-order valence-electron chi connectivity index (χ3n) is 3.73. The van der Waals surface area contributed by atoms with Gasteiger partial charge in [0.25, 0.3) is 0 Å². The van der Waals surface area contributed by atoms with Gasteiger partial charge in [-0.05, 0) is 12.3 Å². The van der Waals surface area contributed by atoms with Gasteiger partial charge in [0, 0.05) is 13.0 Å². The molecule has 1 heterocycles. The molecule has 3 unspecified atom stereocenters. The highest BCUT2D eigenvalue weighted by atomic mass is 16.7. The van der Waals surface area contributed by atoms with Crippen molar-refractivity contribution in [3.63, 3.8) is 0 Å². The number of hydrogen-bond acceptors (Lipinski definition) is 2. The summed E-state index contributed by atoms with van der Waals surface area (Å²) in [5.41, 5.74) is 0. The highest BCUT2D eigenvalue weighted by Crippen LogP contribution is 2.31. The Morgan fingerprint density at radius 1 is 1.12 bits per heavy atom. The molecule has 96 valence electrons. The Morgan fingerprint density at radius 2 is 1.81 bits per heavy atom. The average molecular weight is 228 g/mol. The fourth-order valence-corrected chi connectivity index (χ4v) is 2.59. The first-order chi connectivity index (χ1) is 7.79. The van der Waals surface area contributed by atoms with Crippen molar-refractivity contribution in [2.75, 3.05) is 13.7 Å². The van der Waals surface area contributed by atoms with Crippen LogP contribution in [-0.2, 0) is 9.47 Å². The summed E-state index contributed by atoms with van der Waals surface area (Å²) in [6, 6.07) is 0. The van der Waals surface area contributed by atoms with E-state index in [2.05, 4.69) is 13.8 Å². The van der Waals surface area contributed by atoms with Crippen molar-refractivity contribution in [1.29, 1.82) is 0 Å². The van der Waals surface area contributed by atoms with Crippen LogP contribution in [0.4, 0.5) is 0 Å². The van der Waals surface area contributed by atoms with Crippen molar-refractivity contribution in [2.45, 2.75) is 65.1 Å². The molecule has 3 atom stereocenters. The molecule has 1 saturated heterocycles. The van der Waals surface area contributed by atoms with Crippen LogP contribution in [0.1, 0.15) is 58.8 Å². The van der Waals surface area contributed by atoms with E-state index in [1.807, 2.05) is 0 Å². The molecule has 1 aliphatic heterocycles. The van der Waals surface area contributed by atoms with Crippen LogP contribution in [0.25, 0.3) is 0 Å². The first-order valence-electron chi connectivity index (χ1n) is 6.94. The monoisotopic (exact) mass is 228 g/mol. The lowest BCUT2D eigenvalue weighted by Gasteiger charge is -2.19. The summed E-state index contributed by atoms with van der Waals surface area (Å²) < 4.78 is 11.0. The second kappa shape index (κ2) is 8.08. The third-order valence-corrected chi connectivity index (χ3v) is 3.73. The molecule has 0 N–H and O–H groups in total. The highest BCUT2D eigenvalue weighted by Gasteiger charge is 2.33. The van der Waals surface area contributed by atoms with E-state index in [-0.39, 0.29) is 6.29 Å². The molecule has 2 heteroatoms. The van der Waals surface area contributed by atoms with Crippen molar-refractivity contribution in [1.82, 2.24) is 0 Å². The van der Waals surface area contributed by atoms with Crippen molar-refractivity contribution in [2.24, 2.45) is 11.8 Å². The SMILES string of the molecule is CCCCCCCCC1C(C)COC1OC. The van der Waals surface area contributed by atoms with E-state index in [4.69, 9.17) is 9.47 Å². The Balaban J connectivity index is 2.06. The zero-order valence-electron chi connectivity index (χ0n) is 11.2. The van der Waals surface area contributed by atoms with Gasteiger partial charge in [0.2, 0.25) is 0 Å². The van der Waals surface area contributed by atoms with Crippen LogP contribution in [0.2, 0.25) is 0 Å². The molecule has 0 aromatic rings. The van der Waals surface area contributed by atoms with Crippen LogP contribution in [-0.4, -0.2) is 20.0 Å². The summed E-state index contributed by atoms with van der Waals surface area (Å²) in [6.45, 7) is 5.42. The molecule has 0 aromatic heterocycles. The average Bonchev–Trinajstić information content (AvgIpc) is 2.65. The lowest BCUT2D eigenvalue weighted by atomic mass is 9.91. The zero-order chi connectivity index (χ0) is 11.8. The minimum atomic E-state index is 0.0608. The van der Waals surface area contributed by atoms with Gasteiger partial charge >= 0.3 is 0 Å². The normalized spacial score (nSPS) is 29.8. The Hall–Kier alpha value is -0.0800. The van der Waals surface area contributed by atoms with E-state index < -0.39 is 0 Å². The minimum Gasteiger partial charge on any atom is -0.356 e. The lowest BCUT2D eigenvalue weighted by molar-refractivity contribution is -0.111. The van der Waals surface area contributed by atoms with E-state index in [1.165, 1.54) is 44.9 Å². The van der Waals surface area contributed by atoms with Gasteiger partial charge in [0.1, 0.15) is 0 Å². The van der Waals surface area contributed by atoms with Gasteiger partial charge < -0.3 is 9.47 Å². The first-order valence-corrected chi connectivity index (χ1v) is 6.94. The molecular formula is C14H28O2. The molecule has 16 heavy (non-hydrogen) atoms. The summed E-state index contributed by atoms with van der Waals surface area (Å²) in [5.74, 6) is 1.29. The largest absolute Gasteiger partial charge is 0.356 e. The maximum absolute atomic E-state index is 5.60. The minimum absolute atomic E-state index is 0.0608. The molecule has 0 spiro atoms. The van der Waals surface area contributed by atoms with E-state index >= 15 is 0 Å². The standard InChI is InChI=1S/C14H28O2/c1-4-5-6-7-8-9-10-13-12(2)11-16-14(13)15-3/h12-14H,4-11H2,1-3H3. The highest BCUT2D eigenvalue weighted by molar-refractivity contribution is 4.75. The Kier molecular flexibility index (Phi) is 7.06. The van der Waals surface area contributed by atoms with Crippen LogP contribution in [0.5, 0.6) is 0 Å². The summed E-state index contributed by atoms with van der Waals surface area (Å²) in [6.07, 6.45) is 9.57. The summed E-state index contributed by atoms with van der Waals surface area (Å²) >= 11 is 0. The molecule has 0 bridgehead atoms. The molecule has 1 fully saturated rings. The van der Waals surface area contributed by atoms with Crippen LogP contribution in [0.3, 0.4) is 0 Å². The second-order valence-corrected chi connectivity index (χ2v) is 5.14. The molecule has 0 aromatic carbocycles. The maximum Gasteiger partial charge on any atom is 0.160 e. The van der Waals surface area contributed by atoms with Crippen molar-refractivity contribution in [3.8, 4) is 0 Å². The molecular weight excluding hydrogens is 200 g/mol. The summed E-state index contributed by atoms with van der Waals surface area (Å²) in [4.78, 5) is 0. The molecule has 1 aliphatic rings. The summed E-state index contributed by atoms with van der Waals surface area (Å²) in [5, 5.41) is 0. The van der Waals surface area contributed by atoms with Gasteiger partial charge in [-0.25, -0.2) is 0 Å². The first kappa shape index (κ1) is 14.0. The van der Waals surface area contributed by atoms with Gasteiger partial charge in [0.15, 0.2) is 6.29 Å². The fraction of sp³-hybridized carbons (Fsp3) is 1.00. The van der Waals surface area contributed by atoms with Gasteiger partial charge in [-0.3, -0.25) is 0 Å². The van der Waals surface area contributed by atoms with E-state index in [0.29, 0.717) is 11.8 Å². The number of methoxy groups -OCH3 is 1. The van der Waals surface area contributed by atoms with E-state index in [9.17, 15) is 0 Å². The van der Waals surface area contributed by atoms with Crippen molar-refractivity contribution in [3.05, 3.63) is 0 Å². The lowest BCUT2D eigenvalue weighted by Crippen LogP contribution is -2.21. The van der Waals surface area contributed by atoms with Crippen molar-refractivity contribution < 1.29 is 9.47 Å². The Bertz CT molecular complexity index is 170. The molecule has 0 saturated carbocycles. The molecule has 2 nitrogen and oxygen atoms in total. The number of rotatable bonds is 8. The number of hydrogen-bond donors (Lipinski definition) is 0. The summed E-state index contributed by atoms with van der Waals surface area (Å²) in [7, 11) is 1.76. The van der Waals surface area contributed by atoms with Gasteiger partial charge in [-0.1, -0.05) is 52.4 Å². The van der Waals surface area contributed by atoms with E-state index in [0.717, 1.165) is 6.61 Å². The van der Waals surface area contributed by atoms with Crippen LogP contribution < -0.4 is 0 Å². The second-order valence-electron chi connectivity index (χ2n) is 5.14. The Labute approximate surface area is 101 Å². The predicted octanol–water partition coefficient (Wildman–Crippen LogP) is 3.99. The topological polar surface area (TPSA) is 18.5 Å². The molecule has 1 rings (SSSR count). The zero-order valence-corrected chi connectivity index (χ0v) is 11.2. The smallest absolute Gasteiger partial charge is 0.160 e. The molecule has 0 amide bonds.